The second-order valence-corrected chi connectivity index (χ2v) is 5.99. The van der Waals surface area contributed by atoms with Crippen molar-refractivity contribution in [2.24, 2.45) is 0 Å². The van der Waals surface area contributed by atoms with Crippen LogP contribution in [-0.2, 0) is 6.18 Å². The Morgan fingerprint density at radius 1 is 1.21 bits per heavy atom. The molecule has 0 spiro atoms. The summed E-state index contributed by atoms with van der Waals surface area (Å²) in [5.41, 5.74) is -3.80. The van der Waals surface area contributed by atoms with Gasteiger partial charge in [0.1, 0.15) is 5.56 Å². The van der Waals surface area contributed by atoms with Crippen molar-refractivity contribution in [2.75, 3.05) is 5.43 Å². The topological polar surface area (TPSA) is 127 Å². The Hall–Kier alpha value is -3.96. The summed E-state index contributed by atoms with van der Waals surface area (Å²) in [6, 6.07) is 7.03. The monoisotopic (exact) mass is 408 g/mol. The highest BCUT2D eigenvalue weighted by molar-refractivity contribution is 6.01. The van der Waals surface area contributed by atoms with E-state index in [-0.39, 0.29) is 5.56 Å². The third-order valence-corrected chi connectivity index (χ3v) is 4.11. The highest BCUT2D eigenvalue weighted by atomic mass is 19.4. The van der Waals surface area contributed by atoms with Gasteiger partial charge in [0.25, 0.3) is 11.6 Å². The number of amides is 1. The van der Waals surface area contributed by atoms with Crippen LogP contribution in [0, 0.1) is 17.0 Å². The highest BCUT2D eigenvalue weighted by Gasteiger charge is 2.39. The maximum Gasteiger partial charge on any atom is 0.423 e. The quantitative estimate of drug-likeness (QED) is 0.391. The maximum absolute atomic E-state index is 13.2. The number of alkyl halides is 3. The molecule has 12 heteroatoms. The zero-order valence-electron chi connectivity index (χ0n) is 14.5. The fraction of sp³-hybridized carbons (Fsp3) is 0.118. The van der Waals surface area contributed by atoms with Crippen molar-refractivity contribution in [1.29, 1.82) is 0 Å². The molecule has 0 radical (unpaired) electrons. The Morgan fingerprint density at radius 2 is 1.86 bits per heavy atom. The van der Waals surface area contributed by atoms with Crippen LogP contribution in [0.2, 0.25) is 0 Å². The summed E-state index contributed by atoms with van der Waals surface area (Å²) in [7, 11) is 0. The van der Waals surface area contributed by atoms with Gasteiger partial charge in [0, 0.05) is 11.6 Å². The van der Waals surface area contributed by atoms with Crippen LogP contribution in [0.5, 0.6) is 0 Å². The molecule has 0 bridgehead atoms. The van der Waals surface area contributed by atoms with Gasteiger partial charge < -0.3 is 4.98 Å². The number of nitrogens with one attached hydrogen (secondary N) is 2. The van der Waals surface area contributed by atoms with Gasteiger partial charge in [-0.25, -0.2) is 4.68 Å². The molecule has 2 aromatic carbocycles. The van der Waals surface area contributed by atoms with Crippen molar-refractivity contribution in [3.63, 3.8) is 0 Å². The van der Waals surface area contributed by atoms with Gasteiger partial charge in [-0.15, -0.1) is 0 Å². The van der Waals surface area contributed by atoms with Crippen LogP contribution in [0.25, 0.3) is 11.0 Å². The van der Waals surface area contributed by atoms with Gasteiger partial charge in [-0.3, -0.25) is 29.9 Å². The first-order valence-electron chi connectivity index (χ1n) is 7.92. The summed E-state index contributed by atoms with van der Waals surface area (Å²) in [5.74, 6) is -0.834. The number of nitro groups is 1. The summed E-state index contributed by atoms with van der Waals surface area (Å²) in [6.45, 7) is 1.61. The lowest BCUT2D eigenvalue weighted by molar-refractivity contribution is -0.387. The zero-order valence-corrected chi connectivity index (χ0v) is 14.5. The molecule has 150 valence electrons. The van der Waals surface area contributed by atoms with Crippen molar-refractivity contribution >= 4 is 22.6 Å². The smallest absolute Gasteiger partial charge is 0.316 e. The predicted molar refractivity (Wildman–Crippen MR) is 95.4 cm³/mol. The molecule has 3 rings (SSSR count). The lowest BCUT2D eigenvalue weighted by atomic mass is 10.1. The normalized spacial score (nSPS) is 11.4. The van der Waals surface area contributed by atoms with Crippen LogP contribution < -0.4 is 16.5 Å². The first kappa shape index (κ1) is 19.8. The van der Waals surface area contributed by atoms with Gasteiger partial charge in [0.2, 0.25) is 0 Å². The summed E-state index contributed by atoms with van der Waals surface area (Å²) in [5, 5.41) is 11.1. The van der Waals surface area contributed by atoms with E-state index in [1.807, 2.05) is 4.98 Å². The molecule has 2 N–H and O–H groups in total. The molecular formula is C17H11F3N4O5. The number of nitrogens with zero attached hydrogens (tertiary/aromatic N) is 2. The van der Waals surface area contributed by atoms with Crippen LogP contribution in [0.3, 0.4) is 0 Å². The average molecular weight is 408 g/mol. The highest BCUT2D eigenvalue weighted by Crippen LogP contribution is 2.37. The van der Waals surface area contributed by atoms with Gasteiger partial charge in [-0.1, -0.05) is 18.2 Å². The third-order valence-electron chi connectivity index (χ3n) is 4.11. The SMILES string of the molecule is Cc1ccccc1C(=O)Nn1c(=O)c(=O)[nH]c2cc(C(F)(F)F)c([N+](=O)[O-])cc21. The molecule has 0 fully saturated rings. The molecule has 1 amide bonds. The van der Waals surface area contributed by atoms with E-state index in [2.05, 4.69) is 5.43 Å². The van der Waals surface area contributed by atoms with Gasteiger partial charge in [0.15, 0.2) is 0 Å². The molecule has 0 saturated heterocycles. The third kappa shape index (κ3) is 3.59. The molecule has 0 aliphatic rings. The maximum atomic E-state index is 13.2. The minimum atomic E-state index is -5.08. The standard InChI is InChI=1S/C17H11F3N4O5/c1-8-4-2-3-5-9(8)14(25)22-23-13-7-12(24(28)29)10(17(18,19)20)6-11(13)21-15(26)16(23)27/h2-7H,1H3,(H,21,26)(H,22,25). The molecule has 3 aromatic rings. The summed E-state index contributed by atoms with van der Waals surface area (Å²) in [6.07, 6.45) is -5.08. The number of hydrogen-bond donors (Lipinski definition) is 2. The number of aromatic nitrogens is 2. The molecule has 29 heavy (non-hydrogen) atoms. The molecule has 0 aliphatic heterocycles. The Bertz CT molecular complexity index is 1280. The number of fused-ring (bicyclic) bond motifs is 1. The number of hydrogen-bond acceptors (Lipinski definition) is 5. The summed E-state index contributed by atoms with van der Waals surface area (Å²) >= 11 is 0. The fourth-order valence-corrected chi connectivity index (χ4v) is 2.73. The van der Waals surface area contributed by atoms with Crippen molar-refractivity contribution in [3.8, 4) is 0 Å². The Morgan fingerprint density at radius 3 is 2.45 bits per heavy atom. The van der Waals surface area contributed by atoms with E-state index < -0.39 is 50.4 Å². The van der Waals surface area contributed by atoms with Crippen LogP contribution in [0.15, 0.2) is 46.0 Å². The minimum absolute atomic E-state index is 0.134. The Kier molecular flexibility index (Phi) is 4.70. The second kappa shape index (κ2) is 6.89. The second-order valence-electron chi connectivity index (χ2n) is 5.99. The molecule has 0 unspecified atom stereocenters. The number of rotatable bonds is 3. The van der Waals surface area contributed by atoms with E-state index in [9.17, 15) is 37.7 Å². The first-order valence-corrected chi connectivity index (χ1v) is 7.92. The number of benzene rings is 2. The number of halogens is 3. The summed E-state index contributed by atoms with van der Waals surface area (Å²) in [4.78, 5) is 48.4. The van der Waals surface area contributed by atoms with E-state index in [1.54, 1.807) is 25.1 Å². The molecule has 1 heterocycles. The number of carbonyl (C=O) groups excluding carboxylic acids is 1. The lowest BCUT2D eigenvalue weighted by Gasteiger charge is -2.14. The van der Waals surface area contributed by atoms with Gasteiger partial charge >= 0.3 is 17.3 Å². The van der Waals surface area contributed by atoms with E-state index >= 15 is 0 Å². The van der Waals surface area contributed by atoms with E-state index in [4.69, 9.17) is 0 Å². The largest absolute Gasteiger partial charge is 0.423 e. The number of aromatic amines is 1. The fourth-order valence-electron chi connectivity index (χ4n) is 2.73. The van der Waals surface area contributed by atoms with Crippen molar-refractivity contribution < 1.29 is 22.9 Å². The van der Waals surface area contributed by atoms with Crippen molar-refractivity contribution in [2.45, 2.75) is 13.1 Å². The number of H-pyrrole nitrogens is 1. The minimum Gasteiger partial charge on any atom is -0.316 e. The molecule has 9 nitrogen and oxygen atoms in total. The molecule has 1 aromatic heterocycles. The van der Waals surface area contributed by atoms with E-state index in [0.29, 0.717) is 22.4 Å². The molecule has 0 saturated carbocycles. The van der Waals surface area contributed by atoms with E-state index in [0.717, 1.165) is 0 Å². The predicted octanol–water partition coefficient (Wildman–Crippen LogP) is 2.31. The molecule has 0 aliphatic carbocycles. The Balaban J connectivity index is 2.28. The van der Waals surface area contributed by atoms with Crippen molar-refractivity contribution in [3.05, 3.63) is 83.9 Å². The van der Waals surface area contributed by atoms with Crippen LogP contribution in [0.1, 0.15) is 21.5 Å². The zero-order chi connectivity index (χ0) is 21.5. The number of carbonyl (C=O) groups is 1. The molecule has 0 atom stereocenters. The van der Waals surface area contributed by atoms with Crippen LogP contribution in [0.4, 0.5) is 18.9 Å². The van der Waals surface area contributed by atoms with Gasteiger partial charge in [0.05, 0.1) is 16.0 Å². The van der Waals surface area contributed by atoms with Gasteiger partial charge in [-0.2, -0.15) is 13.2 Å². The number of aryl methyl sites for hydroxylation is 1. The molecular weight excluding hydrogens is 397 g/mol. The average Bonchev–Trinajstić information content (AvgIpc) is 2.63. The van der Waals surface area contributed by atoms with Gasteiger partial charge in [-0.05, 0) is 24.6 Å². The lowest BCUT2D eigenvalue weighted by Crippen LogP contribution is -2.42. The Labute approximate surface area is 158 Å². The summed E-state index contributed by atoms with van der Waals surface area (Å²) < 4.78 is 39.9. The first-order chi connectivity index (χ1) is 13.5. The van der Waals surface area contributed by atoms with Crippen LogP contribution in [-0.4, -0.2) is 20.5 Å². The van der Waals surface area contributed by atoms with Crippen molar-refractivity contribution in [1.82, 2.24) is 9.66 Å². The van der Waals surface area contributed by atoms with Crippen LogP contribution >= 0.6 is 0 Å². The number of nitro benzene ring substituents is 1. The van der Waals surface area contributed by atoms with E-state index in [1.165, 1.54) is 6.07 Å².